The van der Waals surface area contributed by atoms with Crippen LogP contribution in [0.3, 0.4) is 0 Å². The lowest BCUT2D eigenvalue weighted by molar-refractivity contribution is 0.672. The molecule has 298 valence electrons. The van der Waals surface area contributed by atoms with Gasteiger partial charge >= 0.3 is 0 Å². The summed E-state index contributed by atoms with van der Waals surface area (Å²) in [5.74, 6) is 0.547. The van der Waals surface area contributed by atoms with Crippen LogP contribution in [-0.4, -0.2) is 0 Å². The minimum absolute atomic E-state index is 0.273. The first-order valence-corrected chi connectivity index (χ1v) is 21.7. The van der Waals surface area contributed by atoms with E-state index in [0.29, 0.717) is 0 Å². The summed E-state index contributed by atoms with van der Waals surface area (Å²) in [6.45, 7) is 9.23. The van der Waals surface area contributed by atoms with Crippen molar-refractivity contribution < 1.29 is 8.83 Å². The number of benzene rings is 10. The third-order valence-electron chi connectivity index (χ3n) is 12.9. The molecule has 0 aliphatic heterocycles. The van der Waals surface area contributed by atoms with Crippen LogP contribution in [0, 0.1) is 0 Å². The third kappa shape index (κ3) is 5.53. The highest BCUT2D eigenvalue weighted by Gasteiger charge is 2.26. The van der Waals surface area contributed by atoms with Crippen molar-refractivity contribution in [3.63, 3.8) is 0 Å². The minimum atomic E-state index is 0.273. The second kappa shape index (κ2) is 14.0. The second-order valence-corrected chi connectivity index (χ2v) is 17.3. The predicted molar refractivity (Wildman–Crippen MR) is 262 cm³/mol. The van der Waals surface area contributed by atoms with E-state index in [9.17, 15) is 0 Å². The number of fused-ring (bicyclic) bond motifs is 8. The quantitative estimate of drug-likeness (QED) is 0.143. The van der Waals surface area contributed by atoms with Gasteiger partial charge in [0.2, 0.25) is 0 Å². The molecule has 0 aliphatic carbocycles. The third-order valence-corrected chi connectivity index (χ3v) is 12.9. The molecule has 0 atom stereocenters. The normalized spacial score (nSPS) is 12.2. The predicted octanol–water partition coefficient (Wildman–Crippen LogP) is 17.6. The molecule has 4 heteroatoms. The van der Waals surface area contributed by atoms with E-state index in [4.69, 9.17) is 8.83 Å². The summed E-state index contributed by atoms with van der Waals surface area (Å²) >= 11 is 0. The lowest BCUT2D eigenvalue weighted by Crippen LogP contribution is -2.09. The van der Waals surface area contributed by atoms with Crippen LogP contribution < -0.4 is 9.80 Å². The van der Waals surface area contributed by atoms with Gasteiger partial charge in [0.15, 0.2) is 0 Å². The van der Waals surface area contributed by atoms with E-state index in [-0.39, 0.29) is 11.8 Å². The van der Waals surface area contributed by atoms with Crippen LogP contribution in [0.1, 0.15) is 50.7 Å². The van der Waals surface area contributed by atoms with E-state index in [1.165, 1.54) is 32.7 Å². The van der Waals surface area contributed by atoms with Crippen molar-refractivity contribution in [1.29, 1.82) is 0 Å². The molecule has 0 saturated carbocycles. The molecule has 0 unspecified atom stereocenters. The standard InChI is InChI=1S/C58H44N2O2/c1-35(2)45-31-51-56-48(34-50-44-28-26-42(30-54(44)61-57(50)51)60(39-21-13-7-14-22-39)40-23-15-8-16-24-40)46(36(3)4)32-52-55(56)47(45)33-49-43-27-25-41(29-53(43)62-58(49)52)59(37-17-9-5-10-18-37)38-19-11-6-12-20-38/h5-36H,1-4H3. The summed E-state index contributed by atoms with van der Waals surface area (Å²) in [6.07, 6.45) is 0. The van der Waals surface area contributed by atoms with Gasteiger partial charge in [-0.3, -0.25) is 0 Å². The first-order chi connectivity index (χ1) is 30.4. The van der Waals surface area contributed by atoms with E-state index >= 15 is 0 Å². The summed E-state index contributed by atoms with van der Waals surface area (Å²) in [5, 5.41) is 11.9. The molecular weight excluding hydrogens is 757 g/mol. The van der Waals surface area contributed by atoms with E-state index in [0.717, 1.165) is 88.8 Å². The Kier molecular flexibility index (Phi) is 8.20. The first kappa shape index (κ1) is 36.3. The molecule has 62 heavy (non-hydrogen) atoms. The van der Waals surface area contributed by atoms with Crippen LogP contribution >= 0.6 is 0 Å². The first-order valence-electron chi connectivity index (χ1n) is 21.7. The van der Waals surface area contributed by atoms with Crippen molar-refractivity contribution in [3.8, 4) is 0 Å². The monoisotopic (exact) mass is 800 g/mol. The Bertz CT molecular complexity index is 3300. The van der Waals surface area contributed by atoms with Gasteiger partial charge in [-0.05, 0) is 131 Å². The number of furan rings is 2. The van der Waals surface area contributed by atoms with Gasteiger partial charge in [0.1, 0.15) is 22.3 Å². The van der Waals surface area contributed by atoms with Gasteiger partial charge in [0.05, 0.1) is 0 Å². The smallest absolute Gasteiger partial charge is 0.143 e. The summed E-state index contributed by atoms with van der Waals surface area (Å²) < 4.78 is 14.2. The Morgan fingerprint density at radius 1 is 0.306 bits per heavy atom. The van der Waals surface area contributed by atoms with E-state index < -0.39 is 0 Å². The van der Waals surface area contributed by atoms with Crippen LogP contribution in [0.25, 0.3) is 76.2 Å². The number of para-hydroxylation sites is 4. The average Bonchev–Trinajstić information content (AvgIpc) is 3.87. The fraction of sp³-hybridized carbons (Fsp3) is 0.103. The minimum Gasteiger partial charge on any atom is -0.455 e. The van der Waals surface area contributed by atoms with E-state index in [1.54, 1.807) is 0 Å². The second-order valence-electron chi connectivity index (χ2n) is 17.3. The van der Waals surface area contributed by atoms with Gasteiger partial charge in [0.25, 0.3) is 0 Å². The van der Waals surface area contributed by atoms with Crippen LogP contribution in [0.2, 0.25) is 0 Å². The Morgan fingerprint density at radius 2 is 0.645 bits per heavy atom. The molecule has 12 aromatic rings. The van der Waals surface area contributed by atoms with E-state index in [1.807, 2.05) is 0 Å². The maximum Gasteiger partial charge on any atom is 0.143 e. The zero-order valence-corrected chi connectivity index (χ0v) is 35.2. The van der Waals surface area contributed by atoms with Gasteiger partial charge in [-0.25, -0.2) is 0 Å². The fourth-order valence-corrected chi connectivity index (χ4v) is 10.0. The zero-order valence-electron chi connectivity index (χ0n) is 35.2. The summed E-state index contributed by atoms with van der Waals surface area (Å²) in [7, 11) is 0. The SMILES string of the molecule is CC(C)c1cc2c3oc4cc(N(c5ccccc5)c5ccccc5)ccc4c3cc3c(C(C)C)cc4c5oc6cc(N(c7ccccc7)c7ccccc7)ccc6c5cc1c4c32. The molecule has 10 aromatic carbocycles. The van der Waals surface area contributed by atoms with Crippen LogP contribution in [0.15, 0.2) is 191 Å². The van der Waals surface area contributed by atoms with E-state index in [2.05, 4.69) is 219 Å². The van der Waals surface area contributed by atoms with Crippen molar-refractivity contribution in [2.45, 2.75) is 39.5 Å². The molecule has 2 heterocycles. The highest BCUT2D eigenvalue weighted by atomic mass is 16.3. The molecular formula is C58H44N2O2. The Hall–Kier alpha value is -7.56. The van der Waals surface area contributed by atoms with Gasteiger partial charge in [-0.2, -0.15) is 0 Å². The van der Waals surface area contributed by atoms with Crippen LogP contribution in [0.5, 0.6) is 0 Å². The molecule has 0 amide bonds. The molecule has 12 rings (SSSR count). The summed E-state index contributed by atoms with van der Waals surface area (Å²) in [6, 6.07) is 65.2. The Labute approximate surface area is 360 Å². The molecule has 0 radical (unpaired) electrons. The number of hydrogen-bond donors (Lipinski definition) is 0. The van der Waals surface area contributed by atoms with Gasteiger partial charge in [0, 0.05) is 89.3 Å². The lowest BCUT2D eigenvalue weighted by Gasteiger charge is -2.25. The fourth-order valence-electron chi connectivity index (χ4n) is 10.0. The zero-order chi connectivity index (χ0) is 41.6. The molecule has 0 N–H and O–H groups in total. The molecule has 0 spiro atoms. The number of nitrogens with zero attached hydrogens (tertiary/aromatic N) is 2. The van der Waals surface area contributed by atoms with Crippen LogP contribution in [-0.2, 0) is 0 Å². The van der Waals surface area contributed by atoms with Crippen molar-refractivity contribution in [2.75, 3.05) is 9.80 Å². The van der Waals surface area contributed by atoms with Crippen molar-refractivity contribution in [1.82, 2.24) is 0 Å². The van der Waals surface area contributed by atoms with Crippen molar-refractivity contribution in [3.05, 3.63) is 193 Å². The molecule has 0 bridgehead atoms. The maximum atomic E-state index is 7.10. The highest BCUT2D eigenvalue weighted by molar-refractivity contribution is 6.35. The average molecular weight is 801 g/mol. The molecule has 0 fully saturated rings. The highest BCUT2D eigenvalue weighted by Crippen LogP contribution is 2.50. The number of hydrogen-bond acceptors (Lipinski definition) is 4. The largest absolute Gasteiger partial charge is 0.455 e. The Balaban J connectivity index is 1.12. The van der Waals surface area contributed by atoms with Gasteiger partial charge in [-0.1, -0.05) is 100 Å². The topological polar surface area (TPSA) is 32.8 Å². The summed E-state index contributed by atoms with van der Waals surface area (Å²) in [4.78, 5) is 4.59. The lowest BCUT2D eigenvalue weighted by atomic mass is 9.83. The molecule has 0 aliphatic rings. The molecule has 2 aromatic heterocycles. The molecule has 0 saturated heterocycles. The molecule has 4 nitrogen and oxygen atoms in total. The maximum absolute atomic E-state index is 7.10. The van der Waals surface area contributed by atoms with Gasteiger partial charge in [-0.15, -0.1) is 0 Å². The number of anilines is 6. The van der Waals surface area contributed by atoms with Crippen LogP contribution in [0.4, 0.5) is 34.1 Å². The van der Waals surface area contributed by atoms with Gasteiger partial charge < -0.3 is 18.6 Å². The summed E-state index contributed by atoms with van der Waals surface area (Å²) in [5.41, 5.74) is 12.7. The number of rotatable bonds is 8. The van der Waals surface area contributed by atoms with Crippen molar-refractivity contribution in [2.24, 2.45) is 0 Å². The van der Waals surface area contributed by atoms with Crippen molar-refractivity contribution >= 4 is 110 Å². The Morgan fingerprint density at radius 3 is 0.968 bits per heavy atom.